The molecular formula is C42H74N2O14. The average Bonchev–Trinajstić information content (AvgIpc) is 3.17. The lowest BCUT2D eigenvalue weighted by molar-refractivity contribution is -0.319. The number of ether oxygens (including phenoxy) is 8. The van der Waals surface area contributed by atoms with Crippen molar-refractivity contribution in [1.29, 1.82) is 0 Å². The SMILES string of the molecule is CCC=NC(=O)O[C@H]1[C@H](C)O[C@@H](O[C@H]2[C@H](C)[C@@H](O[C@@H]3O[C@H](C)C[C@H](N(C)C)[C@H]3O)[C@](C)(OC)C[C@@H](C)C(=O)[C@H](C)[C@@H](O)[C@](C)(O)[C@@H](CC)OC(=O)[C@@H]2C)C[C@@]1(C)OC. The quantitative estimate of drug-likeness (QED) is 0.210. The van der Waals surface area contributed by atoms with Crippen LogP contribution in [0.15, 0.2) is 4.99 Å². The minimum absolute atomic E-state index is 0.0652. The second-order valence-corrected chi connectivity index (χ2v) is 17.7. The van der Waals surface area contributed by atoms with Crippen molar-refractivity contribution in [2.45, 2.75) is 193 Å². The summed E-state index contributed by atoms with van der Waals surface area (Å²) in [5.74, 6) is -4.66. The van der Waals surface area contributed by atoms with Crippen molar-refractivity contribution in [3.63, 3.8) is 0 Å². The summed E-state index contributed by atoms with van der Waals surface area (Å²) in [5, 5.41) is 34.9. The van der Waals surface area contributed by atoms with Crippen LogP contribution in [0.1, 0.15) is 108 Å². The van der Waals surface area contributed by atoms with Crippen molar-refractivity contribution in [3.05, 3.63) is 0 Å². The Balaban J connectivity index is 2.21. The molecule has 0 saturated carbocycles. The molecule has 3 fully saturated rings. The summed E-state index contributed by atoms with van der Waals surface area (Å²) < 4.78 is 50.3. The maximum Gasteiger partial charge on any atom is 0.433 e. The summed E-state index contributed by atoms with van der Waals surface area (Å²) >= 11 is 0. The second kappa shape index (κ2) is 20.6. The summed E-state index contributed by atoms with van der Waals surface area (Å²) in [6.45, 7) is 18.8. The molecular weight excluding hydrogens is 756 g/mol. The highest BCUT2D eigenvalue weighted by atomic mass is 16.7. The molecule has 3 rings (SSSR count). The minimum atomic E-state index is -1.99. The van der Waals surface area contributed by atoms with Crippen molar-refractivity contribution in [2.24, 2.45) is 28.7 Å². The molecule has 1 amide bonds. The summed E-state index contributed by atoms with van der Waals surface area (Å²) in [6, 6.07) is -0.308. The van der Waals surface area contributed by atoms with Gasteiger partial charge in [-0.05, 0) is 81.3 Å². The first-order chi connectivity index (χ1) is 26.9. The topological polar surface area (TPSA) is 201 Å². The summed E-state index contributed by atoms with van der Waals surface area (Å²) in [7, 11) is 6.74. The monoisotopic (exact) mass is 831 g/mol. The largest absolute Gasteiger partial charge is 0.459 e. The zero-order chi connectivity index (χ0) is 44.1. The molecule has 0 aromatic heterocycles. The lowest BCUT2D eigenvalue weighted by Gasteiger charge is -2.50. The van der Waals surface area contributed by atoms with Crippen molar-refractivity contribution in [1.82, 2.24) is 4.90 Å². The van der Waals surface area contributed by atoms with E-state index in [1.165, 1.54) is 27.4 Å². The molecule has 3 N–H and O–H groups in total. The maximum atomic E-state index is 14.4. The highest BCUT2D eigenvalue weighted by Crippen LogP contribution is 2.42. The molecule has 3 saturated heterocycles. The third kappa shape index (κ3) is 11.2. The number of ketones is 1. The van der Waals surface area contributed by atoms with Crippen LogP contribution in [-0.2, 0) is 47.5 Å². The molecule has 0 unspecified atom stereocenters. The van der Waals surface area contributed by atoms with Crippen LogP contribution in [0.5, 0.6) is 0 Å². The van der Waals surface area contributed by atoms with E-state index in [1.54, 1.807) is 48.5 Å². The molecule has 336 valence electrons. The normalized spacial score (nSPS) is 45.2. The van der Waals surface area contributed by atoms with E-state index in [9.17, 15) is 29.7 Å². The number of hydrogen-bond donors (Lipinski definition) is 3. The van der Waals surface area contributed by atoms with Crippen LogP contribution in [0.2, 0.25) is 0 Å². The Kier molecular flexibility index (Phi) is 17.9. The number of methoxy groups -OCH3 is 2. The number of amides is 1. The number of esters is 1. The number of rotatable bonds is 10. The van der Waals surface area contributed by atoms with Gasteiger partial charge in [0.15, 0.2) is 18.7 Å². The fourth-order valence-electron chi connectivity index (χ4n) is 9.10. The highest BCUT2D eigenvalue weighted by molar-refractivity contribution is 5.83. The highest BCUT2D eigenvalue weighted by Gasteiger charge is 2.55. The number of carbonyl (C=O) groups is 3. The molecule has 0 radical (unpaired) electrons. The van der Waals surface area contributed by atoms with E-state index in [0.717, 1.165) is 0 Å². The predicted octanol–water partition coefficient (Wildman–Crippen LogP) is 4.06. The van der Waals surface area contributed by atoms with E-state index < -0.39 is 108 Å². The molecule has 58 heavy (non-hydrogen) atoms. The number of nitrogens with zero attached hydrogens (tertiary/aromatic N) is 2. The van der Waals surface area contributed by atoms with Crippen molar-refractivity contribution >= 4 is 24.1 Å². The first-order valence-corrected chi connectivity index (χ1v) is 20.9. The van der Waals surface area contributed by atoms with Crippen LogP contribution in [0, 0.1) is 23.7 Å². The fraction of sp³-hybridized carbons (Fsp3) is 0.905. The molecule has 0 aliphatic carbocycles. The third-order valence-electron chi connectivity index (χ3n) is 12.8. The number of aliphatic hydroxyl groups is 3. The van der Waals surface area contributed by atoms with Gasteiger partial charge in [-0.3, -0.25) is 9.59 Å². The molecule has 0 spiro atoms. The van der Waals surface area contributed by atoms with Crippen LogP contribution >= 0.6 is 0 Å². The minimum Gasteiger partial charge on any atom is -0.459 e. The lowest BCUT2D eigenvalue weighted by atomic mass is 9.74. The Hall–Kier alpha value is -2.12. The van der Waals surface area contributed by atoms with E-state index in [0.29, 0.717) is 12.8 Å². The van der Waals surface area contributed by atoms with Crippen molar-refractivity contribution in [2.75, 3.05) is 28.3 Å². The number of hydrogen-bond acceptors (Lipinski definition) is 15. The molecule has 16 heteroatoms. The standard InChI is InChI=1S/C42H74N2O14/c1-16-18-43-39(49)58-36-27(8)54-30(21-41(36,10)52-15)56-33-25(6)35(57-38-32(46)28(44(12)13)19-23(4)53-38)40(9,51-14)20-22(3)31(45)24(5)34(47)42(11,50)29(17-2)55-37(48)26(33)7/h18,22-30,32-36,38,46-47,50H,16-17,19-21H2,1-15H3/t22-,23-,24+,25+,26-,27+,28+,29-,30+,32-,33+,34-,35-,36+,38+,40-,41-,42-/m1/s1. The van der Waals surface area contributed by atoms with E-state index in [2.05, 4.69) is 4.99 Å². The van der Waals surface area contributed by atoms with Gasteiger partial charge in [0.2, 0.25) is 0 Å². The van der Waals surface area contributed by atoms with Crippen LogP contribution in [0.4, 0.5) is 4.79 Å². The first kappa shape index (κ1) is 50.2. The molecule has 0 bridgehead atoms. The van der Waals surface area contributed by atoms with Gasteiger partial charge in [0, 0.05) is 50.7 Å². The van der Waals surface area contributed by atoms with Gasteiger partial charge >= 0.3 is 12.1 Å². The van der Waals surface area contributed by atoms with E-state index in [1.807, 2.05) is 39.8 Å². The van der Waals surface area contributed by atoms with Gasteiger partial charge < -0.3 is 58.1 Å². The fourth-order valence-corrected chi connectivity index (χ4v) is 9.10. The van der Waals surface area contributed by atoms with Crippen LogP contribution in [-0.4, -0.2) is 157 Å². The Labute approximate surface area is 345 Å². The summed E-state index contributed by atoms with van der Waals surface area (Å²) in [5.41, 5.74) is -4.40. The van der Waals surface area contributed by atoms with Crippen LogP contribution in [0.25, 0.3) is 0 Å². The number of carbonyl (C=O) groups excluding carboxylic acids is 3. The maximum absolute atomic E-state index is 14.4. The molecule has 0 aromatic carbocycles. The van der Waals surface area contributed by atoms with Crippen LogP contribution < -0.4 is 0 Å². The van der Waals surface area contributed by atoms with Gasteiger partial charge in [0.1, 0.15) is 29.2 Å². The summed E-state index contributed by atoms with van der Waals surface area (Å²) in [4.78, 5) is 46.8. The average molecular weight is 831 g/mol. The van der Waals surface area contributed by atoms with E-state index >= 15 is 0 Å². The van der Waals surface area contributed by atoms with Gasteiger partial charge in [0.05, 0.1) is 42.0 Å². The number of aliphatic imine (C=N–C) groups is 1. The molecule has 3 heterocycles. The van der Waals surface area contributed by atoms with Gasteiger partial charge in [-0.15, -0.1) is 0 Å². The van der Waals surface area contributed by atoms with E-state index in [4.69, 9.17) is 37.9 Å². The zero-order valence-corrected chi connectivity index (χ0v) is 37.5. The van der Waals surface area contributed by atoms with Crippen LogP contribution in [0.3, 0.4) is 0 Å². The predicted molar refractivity (Wildman–Crippen MR) is 214 cm³/mol. The molecule has 3 aliphatic heterocycles. The third-order valence-corrected chi connectivity index (χ3v) is 12.8. The Morgan fingerprint density at radius 1 is 0.914 bits per heavy atom. The zero-order valence-electron chi connectivity index (χ0n) is 37.5. The molecule has 18 atom stereocenters. The van der Waals surface area contributed by atoms with Crippen molar-refractivity contribution in [3.8, 4) is 0 Å². The number of aliphatic hydroxyl groups excluding tert-OH is 2. The molecule has 0 aromatic rings. The number of cyclic esters (lactones) is 1. The van der Waals surface area contributed by atoms with Gasteiger partial charge in [-0.25, -0.2) is 4.79 Å². The number of likely N-dealkylation sites (N-methyl/N-ethyl adjacent to an activating group) is 1. The Morgan fingerprint density at radius 2 is 1.52 bits per heavy atom. The number of Topliss-reactive ketones (excluding diaryl/α,β-unsaturated/α-hetero) is 1. The first-order valence-electron chi connectivity index (χ1n) is 20.9. The van der Waals surface area contributed by atoms with Gasteiger partial charge in [-0.2, -0.15) is 4.99 Å². The second-order valence-electron chi connectivity index (χ2n) is 17.7. The van der Waals surface area contributed by atoms with Gasteiger partial charge in [0.25, 0.3) is 0 Å². The Morgan fingerprint density at radius 3 is 2.07 bits per heavy atom. The van der Waals surface area contributed by atoms with E-state index in [-0.39, 0.29) is 37.2 Å². The van der Waals surface area contributed by atoms with Gasteiger partial charge in [-0.1, -0.05) is 34.6 Å². The Bertz CT molecular complexity index is 1400. The molecule has 3 aliphatic rings. The molecule has 16 nitrogen and oxygen atoms in total. The summed E-state index contributed by atoms with van der Waals surface area (Å²) in [6.07, 6.45) is -7.95. The smallest absolute Gasteiger partial charge is 0.433 e. The van der Waals surface area contributed by atoms with Crippen molar-refractivity contribution < 1.29 is 67.6 Å². The lowest BCUT2D eigenvalue weighted by Crippen LogP contribution is -2.61.